The molecule has 0 aliphatic heterocycles. The van der Waals surface area contributed by atoms with E-state index in [9.17, 15) is 0 Å². The van der Waals surface area contributed by atoms with Gasteiger partial charge in [-0.2, -0.15) is 0 Å². The zero-order chi connectivity index (χ0) is 29.4. The summed E-state index contributed by atoms with van der Waals surface area (Å²) in [7, 11) is 0. The van der Waals surface area contributed by atoms with E-state index in [0.717, 1.165) is 50.1 Å². The smallest absolute Gasteiger partial charge is 0.216 e. The van der Waals surface area contributed by atoms with Crippen LogP contribution in [0.2, 0.25) is 0 Å². The fraction of sp³-hybridized carbons (Fsp3) is 0.250. The van der Waals surface area contributed by atoms with E-state index in [1.165, 1.54) is 11.1 Å². The molecule has 211 valence electrons. The van der Waals surface area contributed by atoms with Crippen LogP contribution in [0.15, 0.2) is 83.5 Å². The van der Waals surface area contributed by atoms with Crippen molar-refractivity contribution >= 4 is 22.1 Å². The third kappa shape index (κ3) is 6.64. The standard InChI is InChI=1S/C23H23N2O.C13H12N.Ir/c1-14(2)15-11-12-24-19(13-15)18-8-6-7-16-17-9-10-20(23(3,4)5)25-22(17)26-21(16)18;1-10-8-13(14-9-11(10)2)12-6-4-3-5-7-12;/h6-7,9-14H,1-5H3;3-6,8-9H,1-2H3;/q2*-1;/i14D;;. The van der Waals surface area contributed by atoms with Crippen molar-refractivity contribution in [3.63, 3.8) is 0 Å². The Balaban J connectivity index is 0.000000228. The van der Waals surface area contributed by atoms with E-state index in [-0.39, 0.29) is 25.5 Å². The van der Waals surface area contributed by atoms with Crippen LogP contribution >= 0.6 is 0 Å². The molecule has 4 nitrogen and oxygen atoms in total. The van der Waals surface area contributed by atoms with Crippen molar-refractivity contribution in [2.45, 2.75) is 59.8 Å². The summed E-state index contributed by atoms with van der Waals surface area (Å²) in [5.74, 6) is -0.692. The summed E-state index contributed by atoms with van der Waals surface area (Å²) in [6, 6.07) is 28.3. The number of aryl methyl sites for hydroxylation is 2. The van der Waals surface area contributed by atoms with E-state index < -0.39 is 5.89 Å². The van der Waals surface area contributed by atoms with Crippen LogP contribution in [0.1, 0.15) is 64.3 Å². The molecule has 4 aromatic heterocycles. The minimum Gasteiger partial charge on any atom is -0.486 e. The maximum absolute atomic E-state index is 8.29. The number of benzene rings is 2. The van der Waals surface area contributed by atoms with Gasteiger partial charge in [-0.1, -0.05) is 68.8 Å². The number of hydrogen-bond donors (Lipinski definition) is 0. The second-order valence-electron chi connectivity index (χ2n) is 11.4. The maximum atomic E-state index is 8.29. The predicted molar refractivity (Wildman–Crippen MR) is 164 cm³/mol. The van der Waals surface area contributed by atoms with Crippen molar-refractivity contribution in [1.29, 1.82) is 0 Å². The molecule has 6 aromatic rings. The first kappa shape index (κ1) is 28.9. The fourth-order valence-corrected chi connectivity index (χ4v) is 4.43. The molecule has 0 atom stereocenters. The molecule has 0 bridgehead atoms. The third-order valence-electron chi connectivity index (χ3n) is 7.02. The van der Waals surface area contributed by atoms with Gasteiger partial charge in [0.05, 0.1) is 5.58 Å². The summed E-state index contributed by atoms with van der Waals surface area (Å²) in [5, 5.41) is 1.99. The van der Waals surface area contributed by atoms with Crippen molar-refractivity contribution in [3.05, 3.63) is 114 Å². The molecule has 41 heavy (non-hydrogen) atoms. The van der Waals surface area contributed by atoms with Crippen LogP contribution < -0.4 is 0 Å². The van der Waals surface area contributed by atoms with Crippen LogP contribution in [0, 0.1) is 26.0 Å². The quantitative estimate of drug-likeness (QED) is 0.171. The fourth-order valence-electron chi connectivity index (χ4n) is 4.43. The SMILES string of the molecule is Cc1cnc(-c2[c-]cccc2)cc1C.[2H]C(C)(C)c1ccnc(-c2[c-]ccc3c2oc2nc(C(C)(C)C)ccc23)c1.[Ir]. The molecule has 1 radical (unpaired) electrons. The Morgan fingerprint density at radius 1 is 0.854 bits per heavy atom. The van der Waals surface area contributed by atoms with Crippen LogP contribution in [0.3, 0.4) is 0 Å². The first-order valence-electron chi connectivity index (χ1n) is 14.0. The van der Waals surface area contributed by atoms with Crippen molar-refractivity contribution in [2.75, 3.05) is 0 Å². The molecular formula is C36H35IrN3O-2. The summed E-state index contributed by atoms with van der Waals surface area (Å²) in [6.07, 6.45) is 3.65. The second kappa shape index (κ2) is 12.5. The molecular weight excluding hydrogens is 683 g/mol. The first-order chi connectivity index (χ1) is 19.4. The minimum atomic E-state index is -0.692. The Morgan fingerprint density at radius 2 is 1.66 bits per heavy atom. The summed E-state index contributed by atoms with van der Waals surface area (Å²) in [6.45, 7) is 14.3. The molecule has 0 amide bonds. The van der Waals surface area contributed by atoms with Gasteiger partial charge in [-0.3, -0.25) is 0 Å². The molecule has 0 aliphatic rings. The number of fused-ring (bicyclic) bond motifs is 3. The van der Waals surface area contributed by atoms with E-state index in [1.54, 1.807) is 6.20 Å². The number of hydrogen-bond acceptors (Lipinski definition) is 4. The van der Waals surface area contributed by atoms with E-state index in [2.05, 4.69) is 74.9 Å². The van der Waals surface area contributed by atoms with Crippen LogP contribution in [0.5, 0.6) is 0 Å². The van der Waals surface area contributed by atoms with Crippen molar-refractivity contribution in [2.24, 2.45) is 0 Å². The topological polar surface area (TPSA) is 51.8 Å². The Kier molecular flexibility index (Phi) is 8.77. The average Bonchev–Trinajstić information content (AvgIpc) is 3.33. The van der Waals surface area contributed by atoms with Gasteiger partial charge in [0.1, 0.15) is 0 Å². The number of nitrogens with zero attached hydrogens (tertiary/aromatic N) is 3. The second-order valence-corrected chi connectivity index (χ2v) is 11.4. The largest absolute Gasteiger partial charge is 0.486 e. The van der Waals surface area contributed by atoms with Crippen molar-refractivity contribution in [1.82, 2.24) is 15.0 Å². The summed E-state index contributed by atoms with van der Waals surface area (Å²) in [4.78, 5) is 13.6. The molecule has 0 aliphatic carbocycles. The van der Waals surface area contributed by atoms with Gasteiger partial charge in [0.25, 0.3) is 0 Å². The molecule has 2 aromatic carbocycles. The summed E-state index contributed by atoms with van der Waals surface area (Å²) >= 11 is 0. The van der Waals surface area contributed by atoms with Crippen LogP contribution in [0.25, 0.3) is 44.6 Å². The Labute approximate surface area is 258 Å². The normalized spacial score (nSPS) is 11.9. The molecule has 0 saturated carbocycles. The molecule has 4 heterocycles. The van der Waals surface area contributed by atoms with E-state index in [1.807, 2.05) is 68.6 Å². The molecule has 0 unspecified atom stereocenters. The third-order valence-corrected chi connectivity index (χ3v) is 7.02. The van der Waals surface area contributed by atoms with Gasteiger partial charge in [-0.25, -0.2) is 4.98 Å². The van der Waals surface area contributed by atoms with E-state index in [0.29, 0.717) is 5.71 Å². The van der Waals surface area contributed by atoms with Crippen molar-refractivity contribution < 1.29 is 25.9 Å². The molecule has 6 rings (SSSR count). The Hall–Kier alpha value is -3.66. The van der Waals surface area contributed by atoms with Crippen LogP contribution in [-0.2, 0) is 25.5 Å². The van der Waals surface area contributed by atoms with Crippen LogP contribution in [0.4, 0.5) is 0 Å². The van der Waals surface area contributed by atoms with Crippen LogP contribution in [-0.4, -0.2) is 15.0 Å². The average molecular weight is 719 g/mol. The maximum Gasteiger partial charge on any atom is 0.216 e. The van der Waals surface area contributed by atoms with Gasteiger partial charge in [-0.15, -0.1) is 54.1 Å². The molecule has 0 N–H and O–H groups in total. The molecule has 0 saturated heterocycles. The van der Waals surface area contributed by atoms with Crippen molar-refractivity contribution in [3.8, 4) is 22.5 Å². The summed E-state index contributed by atoms with van der Waals surface area (Å²) < 4.78 is 14.5. The number of rotatable bonds is 3. The molecule has 0 spiro atoms. The molecule has 0 fully saturated rings. The van der Waals surface area contributed by atoms with Gasteiger partial charge < -0.3 is 14.4 Å². The van der Waals surface area contributed by atoms with E-state index >= 15 is 0 Å². The van der Waals surface area contributed by atoms with Gasteiger partial charge in [0.2, 0.25) is 5.71 Å². The number of furan rings is 1. The van der Waals surface area contributed by atoms with Gasteiger partial charge in [-0.05, 0) is 54.9 Å². The van der Waals surface area contributed by atoms with E-state index in [4.69, 9.17) is 10.8 Å². The monoisotopic (exact) mass is 719 g/mol. The summed E-state index contributed by atoms with van der Waals surface area (Å²) in [5.41, 5.74) is 9.33. The Morgan fingerprint density at radius 3 is 2.34 bits per heavy atom. The number of pyridine rings is 3. The van der Waals surface area contributed by atoms with Gasteiger partial charge in [0.15, 0.2) is 0 Å². The van der Waals surface area contributed by atoms with Gasteiger partial charge >= 0.3 is 0 Å². The minimum absolute atomic E-state index is 0. The Bertz CT molecular complexity index is 1830. The molecule has 5 heteroatoms. The zero-order valence-corrected chi connectivity index (χ0v) is 27.0. The number of aromatic nitrogens is 3. The zero-order valence-electron chi connectivity index (χ0n) is 25.6. The first-order valence-corrected chi connectivity index (χ1v) is 13.5. The predicted octanol–water partition coefficient (Wildman–Crippen LogP) is 9.43. The van der Waals surface area contributed by atoms with Gasteiger partial charge in [0, 0.05) is 50.4 Å².